The lowest BCUT2D eigenvalue weighted by Crippen LogP contribution is -2.26. The zero-order chi connectivity index (χ0) is 65.2. The largest absolute Gasteiger partial charge is 0.457 e. The number of ether oxygens (including phenoxy) is 1. The standard InChI is InChI=1S/C72H72N4O2/c1-44-62(46-24-17-15-18-25-46)66(63(47-26-19-16-20-27-47)45(2)65(44)72(12,13)14)75-43-74(57-30-21-22-31-58(57)75)50-28-23-29-51(41-50)77-52-32-33-54-60(42-52)76(61-40-48(36-37-73-61)69(3,4)5)59-35-34-53-55-38-49(70(6,7)8)39-56(71(9,10)11)67(55)78-68(53)64(54)59/h15-42H,43H2,1-14H3/i15D,16D,17D,18D,19D,20D,24D,25D,26D,27D,34D,35D. The van der Waals surface area contributed by atoms with Gasteiger partial charge in [0.1, 0.15) is 35.2 Å². The predicted octanol–water partition coefficient (Wildman–Crippen LogP) is 20.3. The third-order valence-electron chi connectivity index (χ3n) is 15.4. The van der Waals surface area contributed by atoms with Gasteiger partial charge in [-0.05, 0) is 141 Å². The Bertz CT molecular complexity index is 4750. The van der Waals surface area contributed by atoms with Crippen LogP contribution in [0.4, 0.5) is 22.7 Å². The molecule has 1 aliphatic rings. The van der Waals surface area contributed by atoms with E-state index in [4.69, 9.17) is 22.4 Å². The van der Waals surface area contributed by atoms with E-state index in [2.05, 4.69) is 79.3 Å². The van der Waals surface area contributed by atoms with Gasteiger partial charge in [0.15, 0.2) is 0 Å². The van der Waals surface area contributed by atoms with Crippen LogP contribution in [0.1, 0.15) is 133 Å². The normalized spacial score (nSPS) is 15.6. The molecule has 12 rings (SSSR count). The number of furan rings is 1. The Labute approximate surface area is 477 Å². The van der Waals surface area contributed by atoms with Gasteiger partial charge in [-0.2, -0.15) is 0 Å². The summed E-state index contributed by atoms with van der Waals surface area (Å²) in [5, 5.41) is 2.84. The first kappa shape index (κ1) is 38.5. The average molecular weight is 1040 g/mol. The molecule has 3 aromatic heterocycles. The molecule has 0 amide bonds. The molecule has 6 nitrogen and oxygen atoms in total. The van der Waals surface area contributed by atoms with Crippen molar-refractivity contribution in [3.05, 3.63) is 203 Å². The third-order valence-corrected chi connectivity index (χ3v) is 15.4. The summed E-state index contributed by atoms with van der Waals surface area (Å²) >= 11 is 0. The molecule has 0 fully saturated rings. The highest BCUT2D eigenvalue weighted by Crippen LogP contribution is 2.55. The summed E-state index contributed by atoms with van der Waals surface area (Å²) in [5.74, 6) is 1.51. The quantitative estimate of drug-likeness (QED) is 0.159. The van der Waals surface area contributed by atoms with Crippen molar-refractivity contribution in [2.75, 3.05) is 16.5 Å². The van der Waals surface area contributed by atoms with Crippen LogP contribution < -0.4 is 14.5 Å². The van der Waals surface area contributed by atoms with Crippen LogP contribution in [0, 0.1) is 13.8 Å². The van der Waals surface area contributed by atoms with Crippen molar-refractivity contribution in [2.45, 2.75) is 119 Å². The van der Waals surface area contributed by atoms with Crippen molar-refractivity contribution >= 4 is 66.5 Å². The van der Waals surface area contributed by atoms with Crippen molar-refractivity contribution in [1.82, 2.24) is 9.55 Å². The fourth-order valence-electron chi connectivity index (χ4n) is 11.8. The summed E-state index contributed by atoms with van der Waals surface area (Å²) < 4.78 is 127. The topological polar surface area (TPSA) is 46.7 Å². The van der Waals surface area contributed by atoms with Crippen LogP contribution >= 0.6 is 0 Å². The number of para-hydroxylation sites is 2. The molecule has 0 aliphatic carbocycles. The van der Waals surface area contributed by atoms with Crippen molar-refractivity contribution in [1.29, 1.82) is 0 Å². The Hall–Kier alpha value is -8.09. The summed E-state index contributed by atoms with van der Waals surface area (Å²) in [6.07, 6.45) is 1.78. The number of nitrogens with zero attached hydrogens (tertiary/aromatic N) is 4. The van der Waals surface area contributed by atoms with Crippen LogP contribution in [0.2, 0.25) is 0 Å². The second kappa shape index (κ2) is 18.3. The van der Waals surface area contributed by atoms with Crippen molar-refractivity contribution in [3.63, 3.8) is 0 Å². The molecule has 392 valence electrons. The second-order valence-electron chi connectivity index (χ2n) is 24.9. The van der Waals surface area contributed by atoms with Gasteiger partial charge < -0.3 is 19.0 Å². The Morgan fingerprint density at radius 2 is 1.15 bits per heavy atom. The Kier molecular flexibility index (Phi) is 9.00. The number of hydrogen-bond donors (Lipinski definition) is 0. The lowest BCUT2D eigenvalue weighted by Gasteiger charge is -2.34. The fraction of sp³-hybridized carbons (Fsp3) is 0.264. The number of benzene rings is 8. The van der Waals surface area contributed by atoms with Crippen LogP contribution in [0.25, 0.3) is 71.8 Å². The number of hydrogen-bond acceptors (Lipinski definition) is 5. The summed E-state index contributed by atoms with van der Waals surface area (Å²) in [7, 11) is 0. The molecule has 0 N–H and O–H groups in total. The fourth-order valence-corrected chi connectivity index (χ4v) is 11.8. The van der Waals surface area contributed by atoms with E-state index < -0.39 is 65.8 Å². The van der Waals surface area contributed by atoms with Gasteiger partial charge >= 0.3 is 0 Å². The highest BCUT2D eigenvalue weighted by atomic mass is 16.5. The van der Waals surface area contributed by atoms with Crippen LogP contribution in [-0.2, 0) is 21.7 Å². The molecule has 0 saturated carbocycles. The lowest BCUT2D eigenvalue weighted by molar-refractivity contribution is 0.483. The van der Waals surface area contributed by atoms with E-state index in [1.54, 1.807) is 6.20 Å². The Morgan fingerprint density at radius 1 is 0.526 bits per heavy atom. The number of rotatable bonds is 7. The van der Waals surface area contributed by atoms with E-state index in [0.29, 0.717) is 78.5 Å². The van der Waals surface area contributed by atoms with E-state index in [0.717, 1.165) is 38.7 Å². The molecule has 11 aromatic rings. The molecule has 8 aromatic carbocycles. The minimum Gasteiger partial charge on any atom is -0.457 e. The SMILES string of the molecule is [2H]c1c([2H])c([2H])c(-c2c(C)c(C(C)(C)C)c(C)c(-c3c([2H])c([2H])c([2H])c([2H])c3[2H])c2N2CN(c3cccc(Oc4ccc5c6c7oc8c(C(C)(C)C)cc(C(C)(C)C)cc8c7c([2H])c([2H])c6n(-c6cc(C(C)(C)C)ccn6)c5c4)c3)c3ccccc32)c([2H])c1[2H]. The van der Waals surface area contributed by atoms with Crippen molar-refractivity contribution < 1.29 is 25.6 Å². The molecule has 0 bridgehead atoms. The van der Waals surface area contributed by atoms with Gasteiger partial charge in [0.05, 0.1) is 49.9 Å². The Morgan fingerprint density at radius 3 is 1.77 bits per heavy atom. The monoisotopic (exact) mass is 1040 g/mol. The number of fused-ring (bicyclic) bond motifs is 8. The number of aromatic nitrogens is 2. The van der Waals surface area contributed by atoms with E-state index >= 15 is 0 Å². The first-order chi connectivity index (χ1) is 42.0. The molecule has 78 heavy (non-hydrogen) atoms. The summed E-state index contributed by atoms with van der Waals surface area (Å²) in [5.41, 5.74) is 8.76. The highest BCUT2D eigenvalue weighted by molar-refractivity contribution is 6.24. The summed E-state index contributed by atoms with van der Waals surface area (Å²) in [6, 6.07) is 24.4. The van der Waals surface area contributed by atoms with Crippen molar-refractivity contribution in [3.8, 4) is 39.6 Å². The van der Waals surface area contributed by atoms with Crippen LogP contribution in [0.5, 0.6) is 11.5 Å². The van der Waals surface area contributed by atoms with Gasteiger partial charge in [-0.25, -0.2) is 4.98 Å². The summed E-state index contributed by atoms with van der Waals surface area (Å²) in [6.45, 7) is 29.2. The molecule has 6 heteroatoms. The van der Waals surface area contributed by atoms with Gasteiger partial charge in [-0.3, -0.25) is 4.57 Å². The molecule has 0 atom stereocenters. The minimum absolute atomic E-state index is 0.0317. The molecule has 0 radical (unpaired) electrons. The first-order valence-electron chi connectivity index (χ1n) is 32.7. The summed E-state index contributed by atoms with van der Waals surface area (Å²) in [4.78, 5) is 8.96. The van der Waals surface area contributed by atoms with Gasteiger partial charge in [-0.1, -0.05) is 168 Å². The average Bonchev–Trinajstić information content (AvgIpc) is 1.42. The van der Waals surface area contributed by atoms with Gasteiger partial charge in [0.2, 0.25) is 0 Å². The Balaban J connectivity index is 1.05. The molecular weight excluding hydrogens is 953 g/mol. The van der Waals surface area contributed by atoms with E-state index in [9.17, 15) is 8.22 Å². The zero-order valence-corrected chi connectivity index (χ0v) is 47.1. The molecule has 0 unspecified atom stereocenters. The number of pyridine rings is 1. The first-order valence-corrected chi connectivity index (χ1v) is 26.7. The van der Waals surface area contributed by atoms with Crippen LogP contribution in [0.3, 0.4) is 0 Å². The molecular formula is C72H72N4O2. The maximum absolute atomic E-state index is 9.95. The zero-order valence-electron chi connectivity index (χ0n) is 59.1. The van der Waals surface area contributed by atoms with E-state index in [1.807, 2.05) is 123 Å². The van der Waals surface area contributed by atoms with E-state index in [-0.39, 0.29) is 57.3 Å². The van der Waals surface area contributed by atoms with Gasteiger partial charge in [0, 0.05) is 56.9 Å². The van der Waals surface area contributed by atoms with Crippen LogP contribution in [-0.4, -0.2) is 16.2 Å². The minimum atomic E-state index is -0.661. The van der Waals surface area contributed by atoms with Gasteiger partial charge in [-0.15, -0.1) is 0 Å². The smallest absolute Gasteiger partial charge is 0.145 e. The molecule has 1 aliphatic heterocycles. The predicted molar refractivity (Wildman–Crippen MR) is 330 cm³/mol. The molecule has 0 spiro atoms. The van der Waals surface area contributed by atoms with Crippen LogP contribution in [0.15, 0.2) is 174 Å². The lowest BCUT2D eigenvalue weighted by atomic mass is 9.75. The third kappa shape index (κ3) is 8.52. The van der Waals surface area contributed by atoms with E-state index in [1.165, 1.54) is 0 Å². The maximum Gasteiger partial charge on any atom is 0.145 e. The number of anilines is 4. The van der Waals surface area contributed by atoms with Gasteiger partial charge in [0.25, 0.3) is 0 Å². The molecule has 4 heterocycles. The highest BCUT2D eigenvalue weighted by Gasteiger charge is 2.36. The maximum atomic E-state index is 9.95. The van der Waals surface area contributed by atoms with Crippen molar-refractivity contribution in [2.24, 2.45) is 0 Å². The second-order valence-corrected chi connectivity index (χ2v) is 24.9. The molecule has 0 saturated heterocycles.